The largest absolute Gasteiger partial charge is 0.530 e. The van der Waals surface area contributed by atoms with Crippen molar-refractivity contribution >= 4 is 58.2 Å². The molecule has 140 valence electrons. The molecule has 6 nitrogen and oxygen atoms in total. The number of amides is 1. The van der Waals surface area contributed by atoms with Gasteiger partial charge in [0.1, 0.15) is 18.7 Å². The van der Waals surface area contributed by atoms with Crippen LogP contribution in [-0.4, -0.2) is 20.9 Å². The summed E-state index contributed by atoms with van der Waals surface area (Å²) in [6, 6.07) is 8.47. The Balaban J connectivity index is 2.14. The summed E-state index contributed by atoms with van der Waals surface area (Å²) in [6.07, 6.45) is 1.35. The molecule has 0 spiro atoms. The standard InChI is InChI=1S/C17H12Cl4N4O2/c18-10-1-3-12(13(20)5-10)16(7-24-9-22-8-23-24)25(17(26)27)15-4-2-11(19)6-14(15)21/h1-6,8-9,16H,7H2,(H,26,27)/p-1. The molecule has 3 aromatic rings. The summed E-state index contributed by atoms with van der Waals surface area (Å²) in [7, 11) is 0. The summed E-state index contributed by atoms with van der Waals surface area (Å²) in [6.45, 7) is 0.119. The number of carbonyl (C=O) groups is 1. The lowest BCUT2D eigenvalue weighted by Gasteiger charge is -2.35. The van der Waals surface area contributed by atoms with Crippen molar-refractivity contribution in [3.05, 3.63) is 74.7 Å². The van der Waals surface area contributed by atoms with Crippen LogP contribution in [-0.2, 0) is 6.54 Å². The second-order valence-corrected chi connectivity index (χ2v) is 7.22. The molecule has 0 aliphatic carbocycles. The van der Waals surface area contributed by atoms with Crippen molar-refractivity contribution < 1.29 is 9.90 Å². The average Bonchev–Trinajstić information content (AvgIpc) is 3.09. The molecule has 0 saturated heterocycles. The highest BCUT2D eigenvalue weighted by Gasteiger charge is 2.27. The lowest BCUT2D eigenvalue weighted by molar-refractivity contribution is -0.247. The number of nitrogens with zero attached hydrogens (tertiary/aromatic N) is 4. The molecule has 0 saturated carbocycles. The van der Waals surface area contributed by atoms with Crippen LogP contribution >= 0.6 is 46.4 Å². The number of hydrogen-bond acceptors (Lipinski definition) is 4. The third kappa shape index (κ3) is 4.47. The molecule has 1 unspecified atom stereocenters. The zero-order valence-corrected chi connectivity index (χ0v) is 16.5. The average molecular weight is 445 g/mol. The fourth-order valence-electron chi connectivity index (χ4n) is 2.67. The van der Waals surface area contributed by atoms with Crippen molar-refractivity contribution in [3.8, 4) is 0 Å². The first-order chi connectivity index (χ1) is 12.9. The van der Waals surface area contributed by atoms with E-state index in [0.717, 1.165) is 4.90 Å². The van der Waals surface area contributed by atoms with Crippen LogP contribution in [0.5, 0.6) is 0 Å². The molecular formula is C17H11Cl4N4O2-. The molecule has 10 heteroatoms. The Hall–Kier alpha value is -1.99. The number of carboxylic acid groups (broad SMARTS) is 1. The highest BCUT2D eigenvalue weighted by molar-refractivity contribution is 6.37. The second kappa shape index (κ2) is 8.35. The number of rotatable bonds is 5. The normalized spacial score (nSPS) is 12.0. The van der Waals surface area contributed by atoms with Gasteiger partial charge in [-0.2, -0.15) is 5.10 Å². The fourth-order valence-corrected chi connectivity index (χ4v) is 3.70. The van der Waals surface area contributed by atoms with Crippen molar-refractivity contribution in [1.29, 1.82) is 0 Å². The van der Waals surface area contributed by atoms with Crippen LogP contribution in [0.2, 0.25) is 20.1 Å². The van der Waals surface area contributed by atoms with Crippen LogP contribution in [0.1, 0.15) is 11.6 Å². The minimum atomic E-state index is -1.46. The highest BCUT2D eigenvalue weighted by atomic mass is 35.5. The van der Waals surface area contributed by atoms with Crippen LogP contribution < -0.4 is 10.0 Å². The van der Waals surface area contributed by atoms with E-state index in [1.165, 1.54) is 41.6 Å². The van der Waals surface area contributed by atoms with Gasteiger partial charge in [-0.25, -0.2) is 4.98 Å². The predicted molar refractivity (Wildman–Crippen MR) is 104 cm³/mol. The first-order valence-electron chi connectivity index (χ1n) is 7.59. The van der Waals surface area contributed by atoms with Gasteiger partial charge < -0.3 is 14.8 Å². The van der Waals surface area contributed by atoms with Crippen molar-refractivity contribution in [2.45, 2.75) is 12.6 Å². The lowest BCUT2D eigenvalue weighted by Crippen LogP contribution is -2.45. The Morgan fingerprint density at radius 1 is 1.07 bits per heavy atom. The SMILES string of the molecule is O=C([O-])N(c1ccc(Cl)cc1Cl)C(Cn1cncn1)c1ccc(Cl)cc1Cl. The maximum absolute atomic E-state index is 12.1. The van der Waals surface area contributed by atoms with Crippen molar-refractivity contribution in [2.75, 3.05) is 4.90 Å². The van der Waals surface area contributed by atoms with Gasteiger partial charge in [-0.1, -0.05) is 52.5 Å². The maximum Gasteiger partial charge on any atom is 0.142 e. The van der Waals surface area contributed by atoms with Crippen molar-refractivity contribution in [1.82, 2.24) is 14.8 Å². The van der Waals surface area contributed by atoms with Gasteiger partial charge in [0, 0.05) is 15.1 Å². The van der Waals surface area contributed by atoms with Crippen LogP contribution in [0.4, 0.5) is 10.5 Å². The van der Waals surface area contributed by atoms with E-state index >= 15 is 0 Å². The van der Waals surface area contributed by atoms with Gasteiger partial charge >= 0.3 is 0 Å². The molecule has 2 aromatic carbocycles. The minimum absolute atomic E-state index is 0.119. The molecule has 1 heterocycles. The van der Waals surface area contributed by atoms with Gasteiger partial charge in [-0.05, 0) is 35.9 Å². The molecular weight excluding hydrogens is 434 g/mol. The summed E-state index contributed by atoms with van der Waals surface area (Å²) >= 11 is 24.5. The number of anilines is 1. The molecule has 27 heavy (non-hydrogen) atoms. The third-order valence-electron chi connectivity index (χ3n) is 3.83. The van der Waals surface area contributed by atoms with Crippen LogP contribution in [0.3, 0.4) is 0 Å². The van der Waals surface area contributed by atoms with Gasteiger partial charge in [-0.15, -0.1) is 0 Å². The van der Waals surface area contributed by atoms with E-state index in [2.05, 4.69) is 10.1 Å². The van der Waals surface area contributed by atoms with Gasteiger partial charge in [0.15, 0.2) is 0 Å². The maximum atomic E-state index is 12.1. The number of benzene rings is 2. The zero-order chi connectivity index (χ0) is 19.6. The lowest BCUT2D eigenvalue weighted by atomic mass is 10.0. The number of halogens is 4. The van der Waals surface area contributed by atoms with E-state index in [1.807, 2.05) is 0 Å². The molecule has 1 amide bonds. The fraction of sp³-hybridized carbons (Fsp3) is 0.118. The summed E-state index contributed by atoms with van der Waals surface area (Å²) < 4.78 is 1.48. The zero-order valence-electron chi connectivity index (χ0n) is 13.5. The summed E-state index contributed by atoms with van der Waals surface area (Å²) in [5.74, 6) is 0. The Bertz CT molecular complexity index is 966. The van der Waals surface area contributed by atoms with E-state index in [1.54, 1.807) is 12.1 Å². The summed E-state index contributed by atoms with van der Waals surface area (Å²) in [5.41, 5.74) is 0.712. The van der Waals surface area contributed by atoms with E-state index < -0.39 is 12.1 Å². The Morgan fingerprint density at radius 2 is 1.74 bits per heavy atom. The molecule has 1 atom stereocenters. The molecule has 0 radical (unpaired) electrons. The molecule has 0 bridgehead atoms. The van der Waals surface area contributed by atoms with Gasteiger partial charge in [-0.3, -0.25) is 4.68 Å². The Labute approximate surface area is 174 Å². The Kier molecular flexibility index (Phi) is 6.11. The van der Waals surface area contributed by atoms with E-state index in [0.29, 0.717) is 20.6 Å². The first kappa shape index (κ1) is 19.8. The molecule has 0 aliphatic rings. The first-order valence-corrected chi connectivity index (χ1v) is 9.10. The van der Waals surface area contributed by atoms with Crippen molar-refractivity contribution in [2.24, 2.45) is 0 Å². The third-order valence-corrected chi connectivity index (χ3v) is 4.93. The monoisotopic (exact) mass is 443 g/mol. The smallest absolute Gasteiger partial charge is 0.142 e. The molecule has 3 rings (SSSR count). The number of aromatic nitrogens is 3. The van der Waals surface area contributed by atoms with Crippen molar-refractivity contribution in [3.63, 3.8) is 0 Å². The molecule has 1 aromatic heterocycles. The molecule has 0 N–H and O–H groups in total. The highest BCUT2D eigenvalue weighted by Crippen LogP contribution is 2.37. The second-order valence-electron chi connectivity index (χ2n) is 5.53. The van der Waals surface area contributed by atoms with Gasteiger partial charge in [0.2, 0.25) is 0 Å². The van der Waals surface area contributed by atoms with E-state index in [9.17, 15) is 9.90 Å². The van der Waals surface area contributed by atoms with Crippen LogP contribution in [0, 0.1) is 0 Å². The number of carbonyl (C=O) groups excluding carboxylic acids is 1. The quantitative estimate of drug-likeness (QED) is 0.581. The van der Waals surface area contributed by atoms with E-state index in [-0.39, 0.29) is 17.3 Å². The van der Waals surface area contributed by atoms with Crippen LogP contribution in [0.15, 0.2) is 49.1 Å². The van der Waals surface area contributed by atoms with Gasteiger partial charge in [0.05, 0.1) is 23.3 Å². The predicted octanol–water partition coefficient (Wildman–Crippen LogP) is 4.48. The number of hydrogen-bond donors (Lipinski definition) is 0. The van der Waals surface area contributed by atoms with Crippen LogP contribution in [0.25, 0.3) is 0 Å². The summed E-state index contributed by atoms with van der Waals surface area (Å²) in [5, 5.41) is 17.4. The summed E-state index contributed by atoms with van der Waals surface area (Å²) in [4.78, 5) is 17.0. The van der Waals surface area contributed by atoms with Gasteiger partial charge in [0.25, 0.3) is 0 Å². The Morgan fingerprint density at radius 3 is 2.30 bits per heavy atom. The topological polar surface area (TPSA) is 74.1 Å². The minimum Gasteiger partial charge on any atom is -0.530 e. The molecule has 0 aliphatic heterocycles. The molecule has 0 fully saturated rings. The van der Waals surface area contributed by atoms with E-state index in [4.69, 9.17) is 46.4 Å².